The average molecular weight is 355 g/mol. The van der Waals surface area contributed by atoms with Crippen LogP contribution in [0.15, 0.2) is 46.3 Å². The summed E-state index contributed by atoms with van der Waals surface area (Å²) in [7, 11) is 1.60. The number of carbonyl (C=O) groups excluding carboxylic acids is 1. The van der Waals surface area contributed by atoms with Gasteiger partial charge >= 0.3 is 0 Å². The third-order valence-corrected chi connectivity index (χ3v) is 5.13. The lowest BCUT2D eigenvalue weighted by molar-refractivity contribution is -0.117. The van der Waals surface area contributed by atoms with Gasteiger partial charge in [0.25, 0.3) is 0 Å². The predicted molar refractivity (Wildman–Crippen MR) is 94.1 cm³/mol. The van der Waals surface area contributed by atoms with Gasteiger partial charge in [-0.3, -0.25) is 4.79 Å². The molecule has 3 aromatic rings. The molecule has 3 heterocycles. The Morgan fingerprint density at radius 1 is 1.32 bits per heavy atom. The van der Waals surface area contributed by atoms with E-state index in [1.54, 1.807) is 23.3 Å². The van der Waals surface area contributed by atoms with Crippen molar-refractivity contribution in [3.63, 3.8) is 0 Å². The lowest BCUT2D eigenvalue weighted by Gasteiger charge is -2.18. The molecular weight excluding hydrogens is 338 g/mol. The van der Waals surface area contributed by atoms with Gasteiger partial charge in [0.2, 0.25) is 11.8 Å². The number of amides is 1. The smallest absolute Gasteiger partial charge is 0.231 e. The fourth-order valence-electron chi connectivity index (χ4n) is 3.03. The fourth-order valence-corrected chi connectivity index (χ4v) is 3.73. The van der Waals surface area contributed by atoms with E-state index in [1.165, 1.54) is 4.88 Å². The first kappa shape index (κ1) is 15.8. The maximum atomic E-state index is 12.5. The van der Waals surface area contributed by atoms with Gasteiger partial charge in [-0.1, -0.05) is 23.4 Å². The highest BCUT2D eigenvalue weighted by Gasteiger charge is 2.35. The number of carbonyl (C=O) groups is 1. The molecule has 1 aromatic carbocycles. The minimum atomic E-state index is -0.0711. The van der Waals surface area contributed by atoms with E-state index in [0.717, 1.165) is 5.69 Å². The molecule has 7 heteroatoms. The minimum Gasteiger partial charge on any atom is -0.495 e. The summed E-state index contributed by atoms with van der Waals surface area (Å²) < 4.78 is 10.7. The van der Waals surface area contributed by atoms with Crippen molar-refractivity contribution in [2.75, 3.05) is 18.6 Å². The first-order chi connectivity index (χ1) is 12.2. The largest absolute Gasteiger partial charge is 0.495 e. The Hall–Kier alpha value is -2.67. The van der Waals surface area contributed by atoms with E-state index in [4.69, 9.17) is 9.26 Å². The summed E-state index contributed by atoms with van der Waals surface area (Å²) in [6.07, 6.45) is 0.998. The molecule has 1 unspecified atom stereocenters. The Morgan fingerprint density at radius 2 is 2.20 bits per heavy atom. The molecule has 0 spiro atoms. The van der Waals surface area contributed by atoms with E-state index in [1.807, 2.05) is 41.8 Å². The Bertz CT molecular complexity index is 875. The molecule has 6 nitrogen and oxygen atoms in total. The van der Waals surface area contributed by atoms with Crippen LogP contribution in [-0.2, 0) is 11.2 Å². The van der Waals surface area contributed by atoms with Gasteiger partial charge in [0.15, 0.2) is 5.82 Å². The fraction of sp³-hybridized carbons (Fsp3) is 0.278. The molecule has 4 rings (SSSR count). The number of hydrogen-bond donors (Lipinski definition) is 0. The monoisotopic (exact) mass is 355 g/mol. The van der Waals surface area contributed by atoms with Crippen molar-refractivity contribution in [1.82, 2.24) is 10.1 Å². The third kappa shape index (κ3) is 3.15. The lowest BCUT2D eigenvalue weighted by atomic mass is 10.1. The summed E-state index contributed by atoms with van der Waals surface area (Å²) >= 11 is 1.66. The second-order valence-corrected chi connectivity index (χ2v) is 6.91. The average Bonchev–Trinajstić information content (AvgIpc) is 3.36. The van der Waals surface area contributed by atoms with Crippen molar-refractivity contribution in [3.8, 4) is 5.75 Å². The van der Waals surface area contributed by atoms with E-state index in [0.29, 0.717) is 36.9 Å². The molecule has 1 aliphatic heterocycles. The zero-order chi connectivity index (χ0) is 17.2. The summed E-state index contributed by atoms with van der Waals surface area (Å²) in [6, 6.07) is 11.6. The first-order valence-electron chi connectivity index (χ1n) is 8.03. The van der Waals surface area contributed by atoms with Crippen molar-refractivity contribution in [3.05, 3.63) is 58.4 Å². The van der Waals surface area contributed by atoms with Crippen LogP contribution >= 0.6 is 11.3 Å². The van der Waals surface area contributed by atoms with Crippen molar-refractivity contribution < 1.29 is 14.1 Å². The molecule has 1 aliphatic rings. The van der Waals surface area contributed by atoms with Crippen molar-refractivity contribution in [1.29, 1.82) is 0 Å². The van der Waals surface area contributed by atoms with Gasteiger partial charge in [0.1, 0.15) is 5.75 Å². The number of hydrogen-bond acceptors (Lipinski definition) is 6. The van der Waals surface area contributed by atoms with Crippen LogP contribution in [0.25, 0.3) is 0 Å². The van der Waals surface area contributed by atoms with Crippen LogP contribution in [0.5, 0.6) is 5.75 Å². The van der Waals surface area contributed by atoms with Gasteiger partial charge < -0.3 is 14.2 Å². The molecular formula is C18H17N3O3S. The van der Waals surface area contributed by atoms with Crippen LogP contribution < -0.4 is 9.64 Å². The van der Waals surface area contributed by atoms with Crippen molar-refractivity contribution >= 4 is 22.9 Å². The van der Waals surface area contributed by atoms with Gasteiger partial charge in [-0.05, 0) is 23.6 Å². The van der Waals surface area contributed by atoms with Gasteiger partial charge in [-0.15, -0.1) is 11.3 Å². The van der Waals surface area contributed by atoms with E-state index in [2.05, 4.69) is 10.1 Å². The van der Waals surface area contributed by atoms with Gasteiger partial charge in [0.05, 0.1) is 19.2 Å². The number of methoxy groups -OCH3 is 1. The summed E-state index contributed by atoms with van der Waals surface area (Å²) in [5.74, 6) is 1.83. The number of rotatable bonds is 5. The molecule has 0 radical (unpaired) electrons. The van der Waals surface area contributed by atoms with Crippen LogP contribution in [0, 0.1) is 0 Å². The molecule has 2 aromatic heterocycles. The lowest BCUT2D eigenvalue weighted by Crippen LogP contribution is -2.24. The number of anilines is 1. The Morgan fingerprint density at radius 3 is 3.00 bits per heavy atom. The molecule has 0 bridgehead atoms. The Kier molecular flexibility index (Phi) is 4.23. The van der Waals surface area contributed by atoms with Crippen LogP contribution in [0.4, 0.5) is 5.69 Å². The molecule has 128 valence electrons. The van der Waals surface area contributed by atoms with Crippen molar-refractivity contribution in [2.24, 2.45) is 0 Å². The Labute approximate surface area is 149 Å². The highest BCUT2D eigenvalue weighted by molar-refractivity contribution is 7.09. The number of benzene rings is 1. The van der Waals surface area contributed by atoms with Crippen molar-refractivity contribution in [2.45, 2.75) is 18.8 Å². The molecule has 0 saturated carbocycles. The first-order valence-corrected chi connectivity index (χ1v) is 8.91. The standard InChI is InChI=1S/C18H17N3O3S/c1-23-15-7-3-2-6-14(15)21-11-12(9-17(21)22)18-19-16(24-20-18)10-13-5-4-8-25-13/h2-8,12H,9-11H2,1H3. The van der Waals surface area contributed by atoms with Gasteiger partial charge in [0, 0.05) is 23.8 Å². The maximum absolute atomic E-state index is 12.5. The number of ether oxygens (including phenoxy) is 1. The summed E-state index contributed by atoms with van der Waals surface area (Å²) in [5.41, 5.74) is 0.778. The summed E-state index contributed by atoms with van der Waals surface area (Å²) in [4.78, 5) is 19.9. The number of para-hydroxylation sites is 2. The van der Waals surface area contributed by atoms with Gasteiger partial charge in [-0.25, -0.2) is 0 Å². The molecule has 1 fully saturated rings. The second-order valence-electron chi connectivity index (χ2n) is 5.88. The normalized spacial score (nSPS) is 17.2. The zero-order valence-corrected chi connectivity index (χ0v) is 14.5. The van der Waals surface area contributed by atoms with E-state index in [9.17, 15) is 4.79 Å². The maximum Gasteiger partial charge on any atom is 0.231 e. The van der Waals surface area contributed by atoms with E-state index >= 15 is 0 Å². The molecule has 1 atom stereocenters. The molecule has 0 N–H and O–H groups in total. The van der Waals surface area contributed by atoms with Crippen LogP contribution in [0.3, 0.4) is 0 Å². The predicted octanol–water partition coefficient (Wildman–Crippen LogP) is 3.25. The summed E-state index contributed by atoms with van der Waals surface area (Å²) in [6.45, 7) is 0.525. The highest BCUT2D eigenvalue weighted by Crippen LogP contribution is 2.35. The van der Waals surface area contributed by atoms with Crippen LogP contribution in [-0.4, -0.2) is 29.7 Å². The minimum absolute atomic E-state index is 0.0408. The number of aromatic nitrogens is 2. The van der Waals surface area contributed by atoms with Crippen LogP contribution in [0.2, 0.25) is 0 Å². The SMILES string of the molecule is COc1ccccc1N1CC(c2noc(Cc3cccs3)n2)CC1=O. The van der Waals surface area contributed by atoms with Gasteiger partial charge in [-0.2, -0.15) is 4.98 Å². The quantitative estimate of drug-likeness (QED) is 0.703. The topological polar surface area (TPSA) is 68.5 Å². The van der Waals surface area contributed by atoms with Crippen LogP contribution in [0.1, 0.15) is 28.9 Å². The number of nitrogens with zero attached hydrogens (tertiary/aromatic N) is 3. The highest BCUT2D eigenvalue weighted by atomic mass is 32.1. The summed E-state index contributed by atoms with van der Waals surface area (Å²) in [5, 5.41) is 6.11. The molecule has 1 amide bonds. The molecule has 25 heavy (non-hydrogen) atoms. The third-order valence-electron chi connectivity index (χ3n) is 4.26. The Balaban J connectivity index is 1.51. The number of thiophene rings is 1. The van der Waals surface area contributed by atoms with E-state index in [-0.39, 0.29) is 11.8 Å². The molecule has 0 aliphatic carbocycles. The second kappa shape index (κ2) is 6.68. The molecule has 1 saturated heterocycles. The zero-order valence-electron chi connectivity index (χ0n) is 13.7. The van der Waals surface area contributed by atoms with E-state index < -0.39 is 0 Å².